The Hall–Kier alpha value is -1.37. The number of ether oxygens (including phenoxy) is 1. The highest BCUT2D eigenvalue weighted by molar-refractivity contribution is 5.13. The van der Waals surface area contributed by atoms with Crippen LogP contribution in [0.1, 0.15) is 37.7 Å². The van der Waals surface area contributed by atoms with Crippen molar-refractivity contribution in [3.05, 3.63) is 35.9 Å². The van der Waals surface area contributed by atoms with Gasteiger partial charge in [0.1, 0.15) is 0 Å². The van der Waals surface area contributed by atoms with Gasteiger partial charge < -0.3 is 9.84 Å². The van der Waals surface area contributed by atoms with E-state index in [0.29, 0.717) is 19.6 Å². The van der Waals surface area contributed by atoms with Crippen LogP contribution in [-0.2, 0) is 11.3 Å². The molecule has 0 radical (unpaired) electrons. The summed E-state index contributed by atoms with van der Waals surface area (Å²) in [6.07, 6.45) is 4.04. The molecular weight excluding hydrogens is 238 g/mol. The van der Waals surface area contributed by atoms with E-state index in [9.17, 15) is 10.4 Å². The molecule has 0 bridgehead atoms. The van der Waals surface area contributed by atoms with Gasteiger partial charge in [-0.1, -0.05) is 43.2 Å². The number of hydrogen-bond donors (Lipinski definition) is 1. The van der Waals surface area contributed by atoms with E-state index >= 15 is 0 Å². The number of nitriles is 1. The van der Waals surface area contributed by atoms with Gasteiger partial charge in [0, 0.05) is 0 Å². The molecule has 0 aromatic heterocycles. The summed E-state index contributed by atoms with van der Waals surface area (Å²) in [6.45, 7) is 0.815. The molecule has 1 aromatic rings. The number of rotatable bonds is 6. The molecule has 1 saturated carbocycles. The molecule has 3 heteroatoms. The molecule has 19 heavy (non-hydrogen) atoms. The number of benzene rings is 1. The summed E-state index contributed by atoms with van der Waals surface area (Å²) in [7, 11) is 0. The van der Waals surface area contributed by atoms with E-state index in [2.05, 4.69) is 6.07 Å². The second-order valence-electron chi connectivity index (χ2n) is 5.46. The highest BCUT2D eigenvalue weighted by atomic mass is 16.5. The molecule has 1 aliphatic rings. The van der Waals surface area contributed by atoms with Crippen LogP contribution in [0, 0.1) is 16.7 Å². The van der Waals surface area contributed by atoms with Gasteiger partial charge in [-0.05, 0) is 24.8 Å². The van der Waals surface area contributed by atoms with Crippen LogP contribution in [0.4, 0.5) is 0 Å². The van der Waals surface area contributed by atoms with Gasteiger partial charge in [0.25, 0.3) is 0 Å². The van der Waals surface area contributed by atoms with Crippen LogP contribution in [0.15, 0.2) is 30.3 Å². The van der Waals surface area contributed by atoms with Crippen LogP contribution < -0.4 is 0 Å². The minimum atomic E-state index is -0.540. The second kappa shape index (κ2) is 6.70. The van der Waals surface area contributed by atoms with Gasteiger partial charge in [-0.15, -0.1) is 0 Å². The van der Waals surface area contributed by atoms with Gasteiger partial charge in [-0.3, -0.25) is 0 Å². The highest BCUT2D eigenvalue weighted by Crippen LogP contribution is 2.41. The molecule has 3 nitrogen and oxygen atoms in total. The third-order valence-corrected chi connectivity index (χ3v) is 3.85. The summed E-state index contributed by atoms with van der Waals surface area (Å²) in [5, 5.41) is 19.3. The average molecular weight is 259 g/mol. The van der Waals surface area contributed by atoms with E-state index in [-0.39, 0.29) is 5.41 Å². The van der Waals surface area contributed by atoms with Crippen molar-refractivity contribution in [2.45, 2.75) is 44.8 Å². The Labute approximate surface area is 114 Å². The van der Waals surface area contributed by atoms with E-state index in [1.54, 1.807) is 0 Å². The molecule has 1 aromatic carbocycles. The lowest BCUT2D eigenvalue weighted by molar-refractivity contribution is 0.0101. The molecule has 0 aliphatic heterocycles. The zero-order valence-electron chi connectivity index (χ0n) is 11.2. The second-order valence-corrected chi connectivity index (χ2v) is 5.46. The van der Waals surface area contributed by atoms with Crippen molar-refractivity contribution in [2.75, 3.05) is 6.61 Å². The third kappa shape index (κ3) is 4.05. The quantitative estimate of drug-likeness (QED) is 0.854. The van der Waals surface area contributed by atoms with Crippen LogP contribution in [0.5, 0.6) is 0 Å². The predicted molar refractivity (Wildman–Crippen MR) is 73.2 cm³/mol. The zero-order valence-corrected chi connectivity index (χ0v) is 11.2. The van der Waals surface area contributed by atoms with Crippen molar-refractivity contribution in [1.29, 1.82) is 5.26 Å². The Balaban J connectivity index is 1.73. The van der Waals surface area contributed by atoms with Crippen molar-refractivity contribution >= 4 is 0 Å². The van der Waals surface area contributed by atoms with Gasteiger partial charge >= 0.3 is 0 Å². The Morgan fingerprint density at radius 1 is 1.26 bits per heavy atom. The summed E-state index contributed by atoms with van der Waals surface area (Å²) in [5.74, 6) is 0. The minimum Gasteiger partial charge on any atom is -0.391 e. The highest BCUT2D eigenvalue weighted by Gasteiger charge is 2.35. The molecule has 0 unspecified atom stereocenters. The Bertz CT molecular complexity index is 418. The fourth-order valence-electron chi connectivity index (χ4n) is 2.81. The molecule has 2 rings (SSSR count). The molecule has 0 saturated heterocycles. The first-order chi connectivity index (χ1) is 9.24. The third-order valence-electron chi connectivity index (χ3n) is 3.85. The van der Waals surface area contributed by atoms with Gasteiger partial charge in [0.05, 0.1) is 30.8 Å². The van der Waals surface area contributed by atoms with Gasteiger partial charge in [0.2, 0.25) is 0 Å². The molecule has 0 heterocycles. The minimum absolute atomic E-state index is 0.304. The fourth-order valence-corrected chi connectivity index (χ4v) is 2.81. The molecule has 1 atom stereocenters. The number of aliphatic hydroxyl groups excluding tert-OH is 1. The van der Waals surface area contributed by atoms with Gasteiger partial charge in [0.15, 0.2) is 0 Å². The maximum absolute atomic E-state index is 10.0. The van der Waals surface area contributed by atoms with Gasteiger partial charge in [-0.2, -0.15) is 5.26 Å². The summed E-state index contributed by atoms with van der Waals surface area (Å²) < 4.78 is 5.52. The van der Waals surface area contributed by atoms with Crippen molar-refractivity contribution in [1.82, 2.24) is 0 Å². The SMILES string of the molecule is N#CC1(C[C@@H](O)COCc2ccccc2)CCCC1. The summed E-state index contributed by atoms with van der Waals surface area (Å²) >= 11 is 0. The van der Waals surface area contributed by atoms with E-state index in [1.165, 1.54) is 0 Å². The molecular formula is C16H21NO2. The average Bonchev–Trinajstić information content (AvgIpc) is 2.89. The molecule has 1 aliphatic carbocycles. The number of hydrogen-bond acceptors (Lipinski definition) is 3. The first-order valence-electron chi connectivity index (χ1n) is 6.95. The van der Waals surface area contributed by atoms with Crippen LogP contribution in [0.3, 0.4) is 0 Å². The Morgan fingerprint density at radius 2 is 1.95 bits per heavy atom. The van der Waals surface area contributed by atoms with E-state index in [1.807, 2.05) is 30.3 Å². The van der Waals surface area contributed by atoms with Crippen molar-refractivity contribution in [2.24, 2.45) is 5.41 Å². The maximum atomic E-state index is 10.0. The summed E-state index contributed by atoms with van der Waals surface area (Å²) in [5.41, 5.74) is 0.792. The Kier molecular flexibility index (Phi) is 4.95. The monoisotopic (exact) mass is 259 g/mol. The van der Waals surface area contributed by atoms with Crippen LogP contribution in [-0.4, -0.2) is 17.8 Å². The van der Waals surface area contributed by atoms with Gasteiger partial charge in [-0.25, -0.2) is 0 Å². The fraction of sp³-hybridized carbons (Fsp3) is 0.562. The lowest BCUT2D eigenvalue weighted by atomic mass is 9.82. The normalized spacial score (nSPS) is 18.9. The molecule has 0 spiro atoms. The topological polar surface area (TPSA) is 53.2 Å². The van der Waals surface area contributed by atoms with Crippen molar-refractivity contribution in [3.63, 3.8) is 0 Å². The van der Waals surface area contributed by atoms with Crippen molar-refractivity contribution in [3.8, 4) is 6.07 Å². The molecule has 0 amide bonds. The maximum Gasteiger partial charge on any atom is 0.0789 e. The van der Waals surface area contributed by atoms with Crippen molar-refractivity contribution < 1.29 is 9.84 Å². The first-order valence-corrected chi connectivity index (χ1v) is 6.95. The van der Waals surface area contributed by atoms with E-state index in [0.717, 1.165) is 31.2 Å². The standard InChI is InChI=1S/C16H21NO2/c17-13-16(8-4-5-9-16)10-15(18)12-19-11-14-6-2-1-3-7-14/h1-3,6-7,15,18H,4-5,8-12H2/t15-/m1/s1. The molecule has 102 valence electrons. The van der Waals surface area contributed by atoms with Crippen LogP contribution in [0.25, 0.3) is 0 Å². The molecule has 1 N–H and O–H groups in total. The van der Waals surface area contributed by atoms with E-state index < -0.39 is 6.10 Å². The zero-order chi connectivity index (χ0) is 13.6. The van der Waals surface area contributed by atoms with E-state index in [4.69, 9.17) is 4.74 Å². The number of aliphatic hydroxyl groups is 1. The first kappa shape index (κ1) is 14.0. The lowest BCUT2D eigenvalue weighted by Crippen LogP contribution is -2.25. The largest absolute Gasteiger partial charge is 0.391 e. The Morgan fingerprint density at radius 3 is 2.58 bits per heavy atom. The van der Waals surface area contributed by atoms with Crippen LogP contribution >= 0.6 is 0 Å². The summed E-state index contributed by atoms with van der Waals surface area (Å²) in [6, 6.07) is 12.3. The number of nitrogens with zero attached hydrogens (tertiary/aromatic N) is 1. The molecule has 1 fully saturated rings. The summed E-state index contributed by atoms with van der Waals surface area (Å²) in [4.78, 5) is 0. The predicted octanol–water partition coefficient (Wildman–Crippen LogP) is 3.04. The lowest BCUT2D eigenvalue weighted by Gasteiger charge is -2.23. The van der Waals surface area contributed by atoms with Crippen LogP contribution in [0.2, 0.25) is 0 Å². The smallest absolute Gasteiger partial charge is 0.0789 e.